The molecule has 34 heavy (non-hydrogen) atoms. The number of rotatable bonds is 9. The van der Waals surface area contributed by atoms with Crippen molar-refractivity contribution in [3.05, 3.63) is 78.3 Å². The van der Waals surface area contributed by atoms with Crippen LogP contribution in [0.4, 0.5) is 5.69 Å². The number of nitrogens with one attached hydrogen (secondary N) is 1. The Kier molecular flexibility index (Phi) is 7.23. The molecule has 1 aromatic heterocycles. The molecule has 1 fully saturated rings. The Labute approximate surface area is 200 Å². The number of amides is 1. The number of nitrogens with zero attached hydrogens (tertiary/aromatic N) is 2. The molecule has 2 aromatic carbocycles. The molecule has 3 aromatic rings. The monoisotopic (exact) mass is 483 g/mol. The van der Waals surface area contributed by atoms with Crippen LogP contribution in [0.25, 0.3) is 0 Å². The van der Waals surface area contributed by atoms with Crippen molar-refractivity contribution in [3.63, 3.8) is 0 Å². The molecule has 9 heteroatoms. The van der Waals surface area contributed by atoms with Gasteiger partial charge < -0.3 is 14.5 Å². The molecule has 0 spiro atoms. The molecule has 1 atom stereocenters. The van der Waals surface area contributed by atoms with Gasteiger partial charge in [0.25, 0.3) is 15.9 Å². The Hall–Kier alpha value is -3.30. The average molecular weight is 484 g/mol. The van der Waals surface area contributed by atoms with Crippen molar-refractivity contribution >= 4 is 21.6 Å². The molecule has 0 radical (unpaired) electrons. The van der Waals surface area contributed by atoms with Gasteiger partial charge in [0.1, 0.15) is 11.5 Å². The van der Waals surface area contributed by atoms with E-state index in [-0.39, 0.29) is 22.4 Å². The summed E-state index contributed by atoms with van der Waals surface area (Å²) in [5.74, 6) is 1.11. The van der Waals surface area contributed by atoms with E-state index >= 15 is 0 Å². The quantitative estimate of drug-likeness (QED) is 0.499. The van der Waals surface area contributed by atoms with Crippen LogP contribution < -0.4 is 14.4 Å². The molecule has 180 valence electrons. The summed E-state index contributed by atoms with van der Waals surface area (Å²) in [6, 6.07) is 16.5. The van der Waals surface area contributed by atoms with Gasteiger partial charge in [-0.15, -0.1) is 0 Å². The Morgan fingerprint density at radius 2 is 1.85 bits per heavy atom. The SMILES string of the molecule is COc1ccc(N(C)S(=O)(=O)c2cccc(C(=O)NC[C@H](c3ccco3)N3CCCC3)c2)cc1. The average Bonchev–Trinajstić information content (AvgIpc) is 3.59. The first-order chi connectivity index (χ1) is 16.4. The number of carbonyl (C=O) groups is 1. The van der Waals surface area contributed by atoms with Crippen LogP contribution in [0.3, 0.4) is 0 Å². The van der Waals surface area contributed by atoms with Gasteiger partial charge in [-0.25, -0.2) is 8.42 Å². The van der Waals surface area contributed by atoms with Crippen molar-refractivity contribution in [2.24, 2.45) is 0 Å². The highest BCUT2D eigenvalue weighted by Crippen LogP contribution is 2.26. The Morgan fingerprint density at radius 1 is 1.12 bits per heavy atom. The standard InChI is InChI=1S/C25H29N3O5S/c1-27(20-10-12-21(32-2)13-11-20)34(30,31)22-8-5-7-19(17-22)25(29)26-18-23(24-9-6-16-33-24)28-14-3-4-15-28/h5-13,16-17,23H,3-4,14-15,18H2,1-2H3,(H,26,29)/t23-/m1/s1. The second-order valence-corrected chi connectivity index (χ2v) is 10.2. The number of hydrogen-bond acceptors (Lipinski definition) is 6. The number of anilines is 1. The maximum Gasteiger partial charge on any atom is 0.264 e. The van der Waals surface area contributed by atoms with E-state index in [9.17, 15) is 13.2 Å². The van der Waals surface area contributed by atoms with E-state index in [0.29, 0.717) is 18.0 Å². The summed E-state index contributed by atoms with van der Waals surface area (Å²) in [4.78, 5) is 15.3. The predicted molar refractivity (Wildman–Crippen MR) is 130 cm³/mol. The van der Waals surface area contributed by atoms with E-state index in [4.69, 9.17) is 9.15 Å². The first kappa shape index (κ1) is 23.8. The Bertz CT molecular complexity index is 1200. The third-order valence-electron chi connectivity index (χ3n) is 6.10. The van der Waals surface area contributed by atoms with Gasteiger partial charge in [-0.05, 0) is 80.5 Å². The van der Waals surface area contributed by atoms with E-state index in [0.717, 1.165) is 31.7 Å². The normalized spacial score (nSPS) is 15.1. The van der Waals surface area contributed by atoms with Gasteiger partial charge in [0.2, 0.25) is 0 Å². The number of benzene rings is 2. The molecule has 0 saturated carbocycles. The van der Waals surface area contributed by atoms with Crippen LogP contribution in [0.15, 0.2) is 76.2 Å². The van der Waals surface area contributed by atoms with Gasteiger partial charge in [-0.3, -0.25) is 14.0 Å². The number of likely N-dealkylation sites (tertiary alicyclic amines) is 1. The number of ether oxygens (including phenoxy) is 1. The van der Waals surface area contributed by atoms with E-state index in [1.807, 2.05) is 12.1 Å². The minimum absolute atomic E-state index is 0.0422. The van der Waals surface area contributed by atoms with Crippen molar-refractivity contribution in [1.82, 2.24) is 10.2 Å². The smallest absolute Gasteiger partial charge is 0.264 e. The zero-order valence-corrected chi connectivity index (χ0v) is 20.1. The molecule has 8 nitrogen and oxygen atoms in total. The lowest BCUT2D eigenvalue weighted by Gasteiger charge is -2.26. The molecule has 0 aliphatic carbocycles. The summed E-state index contributed by atoms with van der Waals surface area (Å²) in [6.07, 6.45) is 3.87. The summed E-state index contributed by atoms with van der Waals surface area (Å²) < 4.78 is 38.3. The van der Waals surface area contributed by atoms with Crippen LogP contribution in [0, 0.1) is 0 Å². The predicted octanol–water partition coefficient (Wildman–Crippen LogP) is 3.68. The highest BCUT2D eigenvalue weighted by Gasteiger charge is 2.27. The topological polar surface area (TPSA) is 92.1 Å². The molecule has 2 heterocycles. The van der Waals surface area contributed by atoms with Crippen LogP contribution in [0.1, 0.15) is 35.0 Å². The Morgan fingerprint density at radius 3 is 2.50 bits per heavy atom. The van der Waals surface area contributed by atoms with Crippen molar-refractivity contribution in [2.45, 2.75) is 23.8 Å². The third kappa shape index (κ3) is 5.10. The fourth-order valence-electron chi connectivity index (χ4n) is 4.12. The zero-order chi connectivity index (χ0) is 24.1. The van der Waals surface area contributed by atoms with Crippen LogP contribution >= 0.6 is 0 Å². The second-order valence-electron chi connectivity index (χ2n) is 8.18. The number of sulfonamides is 1. The largest absolute Gasteiger partial charge is 0.497 e. The van der Waals surface area contributed by atoms with Gasteiger partial charge >= 0.3 is 0 Å². The molecular weight excluding hydrogens is 454 g/mol. The molecule has 1 N–H and O–H groups in total. The zero-order valence-electron chi connectivity index (χ0n) is 19.3. The summed E-state index contributed by atoms with van der Waals surface area (Å²) in [6.45, 7) is 2.27. The van der Waals surface area contributed by atoms with Crippen LogP contribution in [-0.4, -0.2) is 53.0 Å². The van der Waals surface area contributed by atoms with E-state index in [2.05, 4.69) is 10.2 Å². The maximum absolute atomic E-state index is 13.2. The number of hydrogen-bond donors (Lipinski definition) is 1. The molecule has 1 amide bonds. The van der Waals surface area contributed by atoms with Crippen LogP contribution in [0.2, 0.25) is 0 Å². The van der Waals surface area contributed by atoms with Crippen molar-refractivity contribution in [3.8, 4) is 5.75 Å². The molecule has 1 aliphatic heterocycles. The lowest BCUT2D eigenvalue weighted by atomic mass is 10.1. The van der Waals surface area contributed by atoms with Crippen molar-refractivity contribution in [1.29, 1.82) is 0 Å². The summed E-state index contributed by atoms with van der Waals surface area (Å²) >= 11 is 0. The summed E-state index contributed by atoms with van der Waals surface area (Å²) in [5.41, 5.74) is 0.770. The van der Waals surface area contributed by atoms with Gasteiger partial charge in [0, 0.05) is 19.2 Å². The summed E-state index contributed by atoms with van der Waals surface area (Å²) in [5, 5.41) is 2.95. The van der Waals surface area contributed by atoms with E-state index in [1.165, 1.54) is 23.5 Å². The first-order valence-corrected chi connectivity index (χ1v) is 12.6. The molecule has 4 rings (SSSR count). The van der Waals surface area contributed by atoms with Crippen molar-refractivity contribution in [2.75, 3.05) is 38.1 Å². The molecule has 0 bridgehead atoms. The molecule has 1 saturated heterocycles. The molecular formula is C25H29N3O5S. The van der Waals surface area contributed by atoms with Gasteiger partial charge in [-0.2, -0.15) is 0 Å². The fraction of sp³-hybridized carbons (Fsp3) is 0.320. The minimum Gasteiger partial charge on any atom is -0.497 e. The number of carbonyl (C=O) groups excluding carboxylic acids is 1. The lowest BCUT2D eigenvalue weighted by molar-refractivity contribution is 0.0933. The van der Waals surface area contributed by atoms with Gasteiger partial charge in [-0.1, -0.05) is 6.07 Å². The highest BCUT2D eigenvalue weighted by atomic mass is 32.2. The van der Waals surface area contributed by atoms with Gasteiger partial charge in [0.15, 0.2) is 0 Å². The molecule has 0 unspecified atom stereocenters. The molecule has 1 aliphatic rings. The fourth-order valence-corrected chi connectivity index (χ4v) is 5.36. The van der Waals surface area contributed by atoms with Crippen LogP contribution in [-0.2, 0) is 10.0 Å². The first-order valence-electron chi connectivity index (χ1n) is 11.2. The van der Waals surface area contributed by atoms with E-state index < -0.39 is 10.0 Å². The van der Waals surface area contributed by atoms with Gasteiger partial charge in [0.05, 0.1) is 30.0 Å². The minimum atomic E-state index is -3.86. The lowest BCUT2D eigenvalue weighted by Crippen LogP contribution is -2.36. The highest BCUT2D eigenvalue weighted by molar-refractivity contribution is 7.92. The Balaban J connectivity index is 1.49. The van der Waals surface area contributed by atoms with Crippen LogP contribution in [0.5, 0.6) is 5.75 Å². The maximum atomic E-state index is 13.2. The van der Waals surface area contributed by atoms with Crippen molar-refractivity contribution < 1.29 is 22.4 Å². The number of methoxy groups -OCH3 is 1. The third-order valence-corrected chi connectivity index (χ3v) is 7.88. The summed E-state index contributed by atoms with van der Waals surface area (Å²) in [7, 11) is -0.829. The van der Waals surface area contributed by atoms with E-state index in [1.54, 1.807) is 49.8 Å². The number of furan rings is 1. The second kappa shape index (κ2) is 10.3.